The summed E-state index contributed by atoms with van der Waals surface area (Å²) in [6.45, 7) is 0. The maximum absolute atomic E-state index is 4.39. The van der Waals surface area contributed by atoms with E-state index in [1.165, 1.54) is 16.2 Å². The Balaban J connectivity index is 2.61. The number of nitrogens with zero attached hydrogens (tertiary/aromatic N) is 1. The lowest BCUT2D eigenvalue weighted by Crippen LogP contribution is -1.79. The van der Waals surface area contributed by atoms with E-state index < -0.39 is 0 Å². The lowest BCUT2D eigenvalue weighted by Gasteiger charge is -2.01. The summed E-state index contributed by atoms with van der Waals surface area (Å²) in [5, 5.41) is 3.57. The molecule has 0 unspecified atom stereocenters. The van der Waals surface area contributed by atoms with E-state index in [-0.39, 0.29) is 0 Å². The van der Waals surface area contributed by atoms with Crippen LogP contribution in [0.2, 0.25) is 0 Å². The molecule has 0 spiro atoms. The molecular weight excluding hydrogens is 170 g/mol. The van der Waals surface area contributed by atoms with Crippen molar-refractivity contribution in [3.8, 4) is 0 Å². The third kappa shape index (κ3) is 0.990. The number of rotatable bonds is 0. The fraction of sp³-hybridized carbons (Fsp3) is 0. The van der Waals surface area contributed by atoms with Crippen LogP contribution in [0.4, 0.5) is 0 Å². The molecule has 1 heterocycles. The van der Waals surface area contributed by atoms with Crippen molar-refractivity contribution in [1.29, 1.82) is 0 Å². The van der Waals surface area contributed by atoms with E-state index in [9.17, 15) is 0 Å². The monoisotopic (exact) mass is 178 g/mol. The zero-order valence-electron chi connectivity index (χ0n) is 7.57. The molecule has 0 atom stereocenters. The zero-order chi connectivity index (χ0) is 9.38. The van der Waals surface area contributed by atoms with Gasteiger partial charge in [0.15, 0.2) is 0 Å². The molecule has 0 amide bonds. The maximum Gasteiger partial charge on any atom is 0.0780 e. The minimum Gasteiger partial charge on any atom is -0.256 e. The van der Waals surface area contributed by atoms with E-state index in [2.05, 4.69) is 35.3 Å². The van der Waals surface area contributed by atoms with Crippen molar-refractivity contribution in [3.05, 3.63) is 54.7 Å². The first-order valence-electron chi connectivity index (χ1n) is 4.59. The Kier molecular flexibility index (Phi) is 1.51. The third-order valence-corrected chi connectivity index (χ3v) is 2.43. The standard InChI is InChI=1S/C13H8N/c1-2-6-12-10(4-1)7-8-11-5-3-9-14-13(11)12/h1,3-9H. The van der Waals surface area contributed by atoms with Crippen LogP contribution in [0.15, 0.2) is 48.7 Å². The average molecular weight is 178 g/mol. The summed E-state index contributed by atoms with van der Waals surface area (Å²) in [6.07, 6.45) is 1.83. The van der Waals surface area contributed by atoms with E-state index in [0.717, 1.165) is 5.52 Å². The number of benzene rings is 2. The Morgan fingerprint density at radius 1 is 1.00 bits per heavy atom. The Morgan fingerprint density at radius 3 is 2.93 bits per heavy atom. The molecule has 1 radical (unpaired) electrons. The van der Waals surface area contributed by atoms with Gasteiger partial charge in [0, 0.05) is 17.0 Å². The minimum atomic E-state index is 1.06. The van der Waals surface area contributed by atoms with Gasteiger partial charge in [0.2, 0.25) is 0 Å². The maximum atomic E-state index is 4.39. The summed E-state index contributed by atoms with van der Waals surface area (Å²) in [4.78, 5) is 4.39. The zero-order valence-corrected chi connectivity index (χ0v) is 7.57. The molecule has 3 rings (SSSR count). The minimum absolute atomic E-state index is 1.06. The number of aromatic nitrogens is 1. The number of hydrogen-bond donors (Lipinski definition) is 0. The van der Waals surface area contributed by atoms with Gasteiger partial charge >= 0.3 is 0 Å². The van der Waals surface area contributed by atoms with E-state index in [0.29, 0.717) is 0 Å². The van der Waals surface area contributed by atoms with Gasteiger partial charge in [0.1, 0.15) is 0 Å². The quantitative estimate of drug-likeness (QED) is 0.482. The van der Waals surface area contributed by atoms with Crippen LogP contribution >= 0.6 is 0 Å². The van der Waals surface area contributed by atoms with Gasteiger partial charge in [-0.3, -0.25) is 4.98 Å². The number of hydrogen-bond acceptors (Lipinski definition) is 1. The van der Waals surface area contributed by atoms with Gasteiger partial charge < -0.3 is 0 Å². The van der Waals surface area contributed by atoms with Crippen LogP contribution in [0, 0.1) is 6.07 Å². The van der Waals surface area contributed by atoms with Gasteiger partial charge in [-0.1, -0.05) is 30.3 Å². The molecule has 65 valence electrons. The van der Waals surface area contributed by atoms with Crippen LogP contribution in [0.1, 0.15) is 0 Å². The predicted octanol–water partition coefficient (Wildman–Crippen LogP) is 3.19. The average Bonchev–Trinajstić information content (AvgIpc) is 2.29. The van der Waals surface area contributed by atoms with Gasteiger partial charge in [-0.25, -0.2) is 0 Å². The summed E-state index contributed by atoms with van der Waals surface area (Å²) >= 11 is 0. The molecule has 0 bridgehead atoms. The fourth-order valence-electron chi connectivity index (χ4n) is 1.75. The number of fused-ring (bicyclic) bond motifs is 3. The van der Waals surface area contributed by atoms with E-state index in [4.69, 9.17) is 0 Å². The number of pyridine rings is 1. The largest absolute Gasteiger partial charge is 0.256 e. The van der Waals surface area contributed by atoms with Gasteiger partial charge in [0.25, 0.3) is 0 Å². The molecule has 0 aliphatic carbocycles. The SMILES string of the molecule is [c]1ccc2ccc3cccnc3c2c1. The van der Waals surface area contributed by atoms with Gasteiger partial charge in [-0.2, -0.15) is 0 Å². The highest BCUT2D eigenvalue weighted by molar-refractivity contribution is 6.04. The third-order valence-electron chi connectivity index (χ3n) is 2.43. The Morgan fingerprint density at radius 2 is 1.93 bits per heavy atom. The molecule has 0 fully saturated rings. The van der Waals surface area contributed by atoms with Crippen LogP contribution in [-0.4, -0.2) is 4.98 Å². The summed E-state index contributed by atoms with van der Waals surface area (Å²) in [5.41, 5.74) is 1.06. The normalized spacial score (nSPS) is 10.9. The molecule has 14 heavy (non-hydrogen) atoms. The second-order valence-corrected chi connectivity index (χ2v) is 3.29. The van der Waals surface area contributed by atoms with Gasteiger partial charge in [0.05, 0.1) is 5.52 Å². The lowest BCUT2D eigenvalue weighted by atomic mass is 10.1. The Hall–Kier alpha value is -1.89. The summed E-state index contributed by atoms with van der Waals surface area (Å²) in [5.74, 6) is 0. The van der Waals surface area contributed by atoms with Crippen molar-refractivity contribution in [2.45, 2.75) is 0 Å². The van der Waals surface area contributed by atoms with Crippen LogP contribution in [0.5, 0.6) is 0 Å². The molecule has 2 aromatic carbocycles. The molecule has 0 aliphatic heterocycles. The Bertz CT molecular complexity index is 544. The second kappa shape index (κ2) is 2.81. The summed E-state index contributed by atoms with van der Waals surface area (Å²) in [6, 6.07) is 17.3. The van der Waals surface area contributed by atoms with Crippen LogP contribution in [-0.2, 0) is 0 Å². The lowest BCUT2D eigenvalue weighted by molar-refractivity contribution is 1.43. The van der Waals surface area contributed by atoms with E-state index >= 15 is 0 Å². The molecule has 1 heteroatoms. The van der Waals surface area contributed by atoms with Crippen molar-refractivity contribution in [2.75, 3.05) is 0 Å². The summed E-state index contributed by atoms with van der Waals surface area (Å²) in [7, 11) is 0. The smallest absolute Gasteiger partial charge is 0.0780 e. The highest BCUT2D eigenvalue weighted by Crippen LogP contribution is 2.22. The van der Waals surface area contributed by atoms with Crippen LogP contribution < -0.4 is 0 Å². The van der Waals surface area contributed by atoms with Crippen molar-refractivity contribution in [2.24, 2.45) is 0 Å². The molecule has 1 aromatic heterocycles. The molecule has 0 saturated carbocycles. The van der Waals surface area contributed by atoms with Crippen LogP contribution in [0.3, 0.4) is 0 Å². The molecule has 0 aliphatic rings. The Labute approximate surface area is 82.0 Å². The van der Waals surface area contributed by atoms with E-state index in [1.54, 1.807) is 0 Å². The van der Waals surface area contributed by atoms with Crippen molar-refractivity contribution in [1.82, 2.24) is 4.98 Å². The van der Waals surface area contributed by atoms with E-state index in [1.807, 2.05) is 24.4 Å². The molecule has 0 saturated heterocycles. The van der Waals surface area contributed by atoms with Crippen molar-refractivity contribution in [3.63, 3.8) is 0 Å². The first-order chi connectivity index (χ1) is 6.95. The second-order valence-electron chi connectivity index (χ2n) is 3.29. The van der Waals surface area contributed by atoms with Crippen LogP contribution in [0.25, 0.3) is 21.7 Å². The summed E-state index contributed by atoms with van der Waals surface area (Å²) < 4.78 is 0. The topological polar surface area (TPSA) is 12.9 Å². The highest BCUT2D eigenvalue weighted by atomic mass is 14.6. The van der Waals surface area contributed by atoms with Gasteiger partial charge in [-0.05, 0) is 23.6 Å². The van der Waals surface area contributed by atoms with Gasteiger partial charge in [-0.15, -0.1) is 0 Å². The first-order valence-corrected chi connectivity index (χ1v) is 4.59. The fourth-order valence-corrected chi connectivity index (χ4v) is 1.75. The van der Waals surface area contributed by atoms with Crippen molar-refractivity contribution < 1.29 is 0 Å². The predicted molar refractivity (Wildman–Crippen MR) is 58.1 cm³/mol. The molecule has 3 aromatic rings. The molecular formula is C13H8N. The molecule has 0 N–H and O–H groups in total. The molecule has 1 nitrogen and oxygen atoms in total. The highest BCUT2D eigenvalue weighted by Gasteiger charge is 1.98. The first kappa shape index (κ1) is 7.51. The van der Waals surface area contributed by atoms with Crippen molar-refractivity contribution >= 4 is 21.7 Å².